The number of carbonyl (C=O) groups excluding carboxylic acids is 1. The van der Waals surface area contributed by atoms with Gasteiger partial charge in [-0.05, 0) is 66.5 Å². The van der Waals surface area contributed by atoms with Crippen molar-refractivity contribution in [1.29, 1.82) is 0 Å². The van der Waals surface area contributed by atoms with Crippen LogP contribution in [-0.4, -0.2) is 31.0 Å². The van der Waals surface area contributed by atoms with Gasteiger partial charge >= 0.3 is 0 Å². The van der Waals surface area contributed by atoms with E-state index in [9.17, 15) is 4.79 Å². The van der Waals surface area contributed by atoms with Crippen molar-refractivity contribution in [2.24, 2.45) is 0 Å². The van der Waals surface area contributed by atoms with Gasteiger partial charge in [-0.25, -0.2) is 0 Å². The van der Waals surface area contributed by atoms with Crippen LogP contribution >= 0.6 is 22.6 Å². The Morgan fingerprint density at radius 1 is 1.29 bits per heavy atom. The third-order valence-electron chi connectivity index (χ3n) is 5.07. The first-order chi connectivity index (χ1) is 10.1. The molecule has 114 valence electrons. The first-order valence-corrected chi connectivity index (χ1v) is 8.99. The van der Waals surface area contributed by atoms with Crippen LogP contribution in [0.2, 0.25) is 0 Å². The van der Waals surface area contributed by atoms with E-state index in [0.717, 1.165) is 40.0 Å². The van der Waals surface area contributed by atoms with Gasteiger partial charge < -0.3 is 9.64 Å². The summed E-state index contributed by atoms with van der Waals surface area (Å²) >= 11 is 2.27. The van der Waals surface area contributed by atoms with Gasteiger partial charge in [0.15, 0.2) is 12.1 Å². The Kier molecular flexibility index (Phi) is 4.28. The maximum absolute atomic E-state index is 13.3. The summed E-state index contributed by atoms with van der Waals surface area (Å²) in [6.07, 6.45) is 4.60. The smallest absolute Gasteiger partial charge is 0.230 e. The number of piperidine rings is 1. The number of hydrogen-bond donors (Lipinski definition) is 1. The zero-order valence-electron chi connectivity index (χ0n) is 12.8. The molecule has 2 heterocycles. The summed E-state index contributed by atoms with van der Waals surface area (Å²) in [6.45, 7) is 6.91. The number of ether oxygens (including phenoxy) is 1. The van der Waals surface area contributed by atoms with E-state index in [1.165, 1.54) is 24.2 Å². The first-order valence-electron chi connectivity index (χ1n) is 7.91. The number of nitrogens with one attached hydrogen (secondary N) is 1. The van der Waals surface area contributed by atoms with E-state index < -0.39 is 0 Å². The summed E-state index contributed by atoms with van der Waals surface area (Å²) in [7, 11) is 0. The number of Topliss-reactive ketones (excluding diaryl/α,β-unsaturated/α-hetero) is 1. The molecule has 1 aromatic carbocycles. The maximum atomic E-state index is 13.3. The van der Waals surface area contributed by atoms with E-state index in [0.29, 0.717) is 12.4 Å². The highest BCUT2D eigenvalue weighted by atomic mass is 127. The third kappa shape index (κ3) is 2.50. The molecule has 21 heavy (non-hydrogen) atoms. The van der Waals surface area contributed by atoms with Gasteiger partial charge in [-0.15, -0.1) is 0 Å². The summed E-state index contributed by atoms with van der Waals surface area (Å²) in [5.41, 5.74) is 1.56. The summed E-state index contributed by atoms with van der Waals surface area (Å²) < 4.78 is 7.14. The molecule has 2 aliphatic heterocycles. The van der Waals surface area contributed by atoms with Crippen LogP contribution in [0.5, 0.6) is 5.75 Å². The lowest BCUT2D eigenvalue weighted by molar-refractivity contribution is -0.946. The highest BCUT2D eigenvalue weighted by molar-refractivity contribution is 14.1. The van der Waals surface area contributed by atoms with Crippen LogP contribution in [0.15, 0.2) is 12.1 Å². The molecular formula is C17H23INO2+. The number of ketones is 1. The predicted molar refractivity (Wildman–Crippen MR) is 91.3 cm³/mol. The van der Waals surface area contributed by atoms with Crippen molar-refractivity contribution < 1.29 is 14.4 Å². The number of benzene rings is 1. The Hall–Kier alpha value is -0.620. The number of hydrogen-bond acceptors (Lipinski definition) is 2. The Morgan fingerprint density at radius 2 is 2.00 bits per heavy atom. The number of fused-ring (bicyclic) bond motifs is 1. The second-order valence-electron chi connectivity index (χ2n) is 6.34. The number of rotatable bonds is 2. The molecule has 1 atom stereocenters. The Balaban J connectivity index is 2.03. The normalized spacial score (nSPS) is 26.3. The van der Waals surface area contributed by atoms with Crippen LogP contribution in [-0.2, 0) is 0 Å². The molecule has 1 N–H and O–H groups in total. The quantitative estimate of drug-likeness (QED) is 0.774. The largest absolute Gasteiger partial charge is 0.485 e. The van der Waals surface area contributed by atoms with E-state index in [4.69, 9.17) is 4.74 Å². The molecule has 1 fully saturated rings. The van der Waals surface area contributed by atoms with Crippen LogP contribution in [0.3, 0.4) is 0 Å². The molecule has 0 spiro atoms. The van der Waals surface area contributed by atoms with Gasteiger partial charge in [0.1, 0.15) is 5.75 Å². The second-order valence-corrected chi connectivity index (χ2v) is 7.50. The SMILES string of the molecule is CCC1([NH+]2CCCCC2)COc2c(I)cc(C)cc2C1=O. The molecule has 0 bridgehead atoms. The van der Waals surface area contributed by atoms with Crippen molar-refractivity contribution in [3.8, 4) is 5.75 Å². The Morgan fingerprint density at radius 3 is 2.67 bits per heavy atom. The summed E-state index contributed by atoms with van der Waals surface area (Å²) in [5, 5.41) is 0. The highest BCUT2D eigenvalue weighted by Crippen LogP contribution is 2.35. The lowest BCUT2D eigenvalue weighted by Crippen LogP contribution is -3.23. The molecule has 2 aliphatic rings. The van der Waals surface area contributed by atoms with Gasteiger partial charge in [0, 0.05) is 6.42 Å². The second kappa shape index (κ2) is 5.88. The van der Waals surface area contributed by atoms with E-state index in [1.807, 2.05) is 13.0 Å². The Labute approximate surface area is 140 Å². The number of halogens is 1. The van der Waals surface area contributed by atoms with E-state index in [2.05, 4.69) is 35.6 Å². The summed E-state index contributed by atoms with van der Waals surface area (Å²) in [4.78, 5) is 14.7. The fraction of sp³-hybridized carbons (Fsp3) is 0.588. The minimum absolute atomic E-state index is 0.296. The molecule has 3 nitrogen and oxygen atoms in total. The number of quaternary nitrogens is 1. The van der Waals surface area contributed by atoms with Gasteiger partial charge in [-0.3, -0.25) is 4.79 Å². The minimum Gasteiger partial charge on any atom is -0.485 e. The zero-order chi connectivity index (χ0) is 15.0. The zero-order valence-corrected chi connectivity index (χ0v) is 15.0. The molecule has 1 saturated heterocycles. The van der Waals surface area contributed by atoms with Crippen LogP contribution in [0, 0.1) is 10.5 Å². The van der Waals surface area contributed by atoms with Gasteiger partial charge in [-0.1, -0.05) is 6.92 Å². The topological polar surface area (TPSA) is 30.7 Å². The molecule has 0 aliphatic carbocycles. The van der Waals surface area contributed by atoms with E-state index >= 15 is 0 Å². The van der Waals surface area contributed by atoms with Crippen LogP contribution in [0.4, 0.5) is 0 Å². The van der Waals surface area contributed by atoms with Crippen molar-refractivity contribution in [2.45, 2.75) is 45.1 Å². The lowest BCUT2D eigenvalue weighted by Gasteiger charge is -2.43. The number of carbonyl (C=O) groups is 1. The lowest BCUT2D eigenvalue weighted by atomic mass is 9.82. The van der Waals surface area contributed by atoms with Crippen LogP contribution < -0.4 is 9.64 Å². The van der Waals surface area contributed by atoms with Gasteiger partial charge in [0.25, 0.3) is 0 Å². The van der Waals surface area contributed by atoms with Gasteiger partial charge in [0.05, 0.1) is 22.2 Å². The van der Waals surface area contributed by atoms with E-state index in [-0.39, 0.29) is 5.54 Å². The van der Waals surface area contributed by atoms with Crippen LogP contribution in [0.1, 0.15) is 48.5 Å². The van der Waals surface area contributed by atoms with Crippen molar-refractivity contribution in [3.63, 3.8) is 0 Å². The highest BCUT2D eigenvalue weighted by Gasteiger charge is 2.51. The maximum Gasteiger partial charge on any atom is 0.230 e. The molecular weight excluding hydrogens is 377 g/mol. The average Bonchev–Trinajstić information content (AvgIpc) is 2.50. The summed E-state index contributed by atoms with van der Waals surface area (Å²) in [5.74, 6) is 1.09. The molecule has 0 radical (unpaired) electrons. The standard InChI is InChI=1S/C17H22INO2/c1-3-17(19-7-5-4-6-8-19)11-21-15-13(16(17)20)9-12(2)10-14(15)18/h9-10H,3-8,11H2,1-2H3/p+1. The van der Waals surface area contributed by atoms with Crippen molar-refractivity contribution in [3.05, 3.63) is 26.8 Å². The third-order valence-corrected chi connectivity index (χ3v) is 5.87. The number of aryl methyl sites for hydroxylation is 1. The molecule has 0 saturated carbocycles. The molecule has 0 amide bonds. The Bertz CT molecular complexity index is 566. The minimum atomic E-state index is -0.371. The van der Waals surface area contributed by atoms with Crippen molar-refractivity contribution >= 4 is 28.4 Å². The van der Waals surface area contributed by atoms with Crippen molar-refractivity contribution in [1.82, 2.24) is 0 Å². The summed E-state index contributed by atoms with van der Waals surface area (Å²) in [6, 6.07) is 4.09. The van der Waals surface area contributed by atoms with Crippen molar-refractivity contribution in [2.75, 3.05) is 19.7 Å². The molecule has 3 rings (SSSR count). The average molecular weight is 400 g/mol. The predicted octanol–water partition coefficient (Wildman–Crippen LogP) is 2.39. The van der Waals surface area contributed by atoms with Gasteiger partial charge in [0.2, 0.25) is 5.78 Å². The number of likely N-dealkylation sites (tertiary alicyclic amines) is 1. The molecule has 4 heteroatoms. The van der Waals surface area contributed by atoms with Crippen LogP contribution in [0.25, 0.3) is 0 Å². The molecule has 1 aromatic rings. The first kappa shape index (κ1) is 15.3. The van der Waals surface area contributed by atoms with E-state index in [1.54, 1.807) is 0 Å². The molecule has 1 unspecified atom stereocenters. The fourth-order valence-electron chi connectivity index (χ4n) is 3.80. The molecule has 0 aromatic heterocycles. The fourth-order valence-corrected chi connectivity index (χ4v) is 4.73. The monoisotopic (exact) mass is 400 g/mol. The van der Waals surface area contributed by atoms with Gasteiger partial charge in [-0.2, -0.15) is 0 Å².